The summed E-state index contributed by atoms with van der Waals surface area (Å²) in [5.41, 5.74) is 0.301. The standard InChI is InChI=1S/C26H33BrN2O6/c1-5-25-14-28(24(31)33-4)21-20(27)17(25)13-19(35-12-11-34-6-2)26(22(21)25)16-9-7-8-10-18(16)29(15-32-3)23(26)30/h5,7-10,17,19-22H,1,6,11-15H2,2-4H3. The largest absolute Gasteiger partial charge is 0.453 e. The number of anilines is 1. The van der Waals surface area contributed by atoms with Crippen molar-refractivity contribution in [1.29, 1.82) is 0 Å². The normalized spacial score (nSPS) is 36.7. The summed E-state index contributed by atoms with van der Waals surface area (Å²) in [4.78, 5) is 31.0. The molecule has 0 aromatic heterocycles. The van der Waals surface area contributed by atoms with Gasteiger partial charge < -0.3 is 23.8 Å². The number of ether oxygens (including phenoxy) is 4. The second kappa shape index (κ2) is 9.18. The van der Waals surface area contributed by atoms with E-state index in [-0.39, 0.29) is 47.5 Å². The minimum atomic E-state index is -0.998. The van der Waals surface area contributed by atoms with Crippen LogP contribution in [0.2, 0.25) is 0 Å². The van der Waals surface area contributed by atoms with E-state index in [2.05, 4.69) is 22.5 Å². The number of rotatable bonds is 8. The van der Waals surface area contributed by atoms with Crippen LogP contribution in [-0.2, 0) is 29.2 Å². The number of likely N-dealkylation sites (tertiary alicyclic amines) is 1. The molecule has 1 spiro atoms. The van der Waals surface area contributed by atoms with Crippen LogP contribution in [0.15, 0.2) is 36.9 Å². The molecule has 190 valence electrons. The number of amides is 2. The van der Waals surface area contributed by atoms with E-state index >= 15 is 0 Å². The van der Waals surface area contributed by atoms with Gasteiger partial charge >= 0.3 is 6.09 Å². The number of benzene rings is 1. The van der Waals surface area contributed by atoms with Crippen molar-refractivity contribution in [2.75, 3.05) is 52.2 Å². The van der Waals surface area contributed by atoms with E-state index < -0.39 is 10.8 Å². The molecule has 1 saturated heterocycles. The number of fused-ring (bicyclic) bond motifs is 2. The zero-order chi connectivity index (χ0) is 25.0. The smallest absolute Gasteiger partial charge is 0.409 e. The molecule has 35 heavy (non-hydrogen) atoms. The summed E-state index contributed by atoms with van der Waals surface area (Å²) in [5.74, 6) is -0.118. The Bertz CT molecular complexity index is 1020. The van der Waals surface area contributed by atoms with Gasteiger partial charge in [-0.15, -0.1) is 6.58 Å². The van der Waals surface area contributed by atoms with Crippen molar-refractivity contribution >= 4 is 33.6 Å². The van der Waals surface area contributed by atoms with Crippen molar-refractivity contribution in [1.82, 2.24) is 4.90 Å². The van der Waals surface area contributed by atoms with Crippen molar-refractivity contribution in [3.8, 4) is 0 Å². The molecular weight excluding hydrogens is 516 g/mol. The van der Waals surface area contributed by atoms with Crippen molar-refractivity contribution in [2.24, 2.45) is 17.3 Å². The number of methoxy groups -OCH3 is 2. The van der Waals surface area contributed by atoms with E-state index in [9.17, 15) is 9.59 Å². The van der Waals surface area contributed by atoms with Gasteiger partial charge in [0.05, 0.1) is 38.2 Å². The quantitative estimate of drug-likeness (QED) is 0.281. The number of halogens is 1. The molecule has 1 aromatic carbocycles. The van der Waals surface area contributed by atoms with Gasteiger partial charge in [0, 0.05) is 36.4 Å². The third kappa shape index (κ3) is 3.14. The van der Waals surface area contributed by atoms with E-state index in [1.807, 2.05) is 37.3 Å². The lowest BCUT2D eigenvalue weighted by Crippen LogP contribution is -2.62. The fourth-order valence-electron chi connectivity index (χ4n) is 7.51. The molecule has 8 nitrogen and oxygen atoms in total. The molecule has 4 bridgehead atoms. The van der Waals surface area contributed by atoms with Gasteiger partial charge in [-0.2, -0.15) is 0 Å². The predicted octanol–water partition coefficient (Wildman–Crippen LogP) is 3.33. The van der Waals surface area contributed by atoms with Crippen molar-refractivity contribution in [3.63, 3.8) is 0 Å². The Kier molecular flexibility index (Phi) is 6.49. The highest BCUT2D eigenvalue weighted by Crippen LogP contribution is 2.72. The van der Waals surface area contributed by atoms with Crippen molar-refractivity contribution in [2.45, 2.75) is 35.7 Å². The fraction of sp³-hybridized carbons (Fsp3) is 0.615. The van der Waals surface area contributed by atoms with Crippen molar-refractivity contribution in [3.05, 3.63) is 42.5 Å². The molecule has 2 heterocycles. The van der Waals surface area contributed by atoms with Gasteiger partial charge in [-0.05, 0) is 30.9 Å². The molecule has 7 unspecified atom stereocenters. The number of piperidine rings is 1. The number of para-hydroxylation sites is 1. The Morgan fingerprint density at radius 3 is 2.74 bits per heavy atom. The van der Waals surface area contributed by atoms with Crippen LogP contribution in [0.4, 0.5) is 10.5 Å². The topological polar surface area (TPSA) is 77.5 Å². The van der Waals surface area contributed by atoms with E-state index in [0.29, 0.717) is 32.8 Å². The summed E-state index contributed by atoms with van der Waals surface area (Å²) in [7, 11) is 2.99. The first kappa shape index (κ1) is 24.7. The van der Waals surface area contributed by atoms with Gasteiger partial charge in [0.25, 0.3) is 0 Å². The maximum absolute atomic E-state index is 14.6. The first-order valence-corrected chi connectivity index (χ1v) is 13.1. The molecule has 5 rings (SSSR count). The van der Waals surface area contributed by atoms with E-state index in [4.69, 9.17) is 18.9 Å². The van der Waals surface area contributed by atoms with Crippen LogP contribution in [0.3, 0.4) is 0 Å². The van der Waals surface area contributed by atoms with Crippen LogP contribution >= 0.6 is 15.9 Å². The average molecular weight is 549 g/mol. The summed E-state index contributed by atoms with van der Waals surface area (Å²) >= 11 is 3.95. The molecule has 0 radical (unpaired) electrons. The second-order valence-electron chi connectivity index (χ2n) is 9.76. The SMILES string of the molecule is C=CC12CN(C(=O)OC)C3C(Br)C1CC(OCCOCC)C1(C(=O)N(COC)c4ccccc41)C32. The predicted molar refractivity (Wildman–Crippen MR) is 134 cm³/mol. The van der Waals surface area contributed by atoms with Crippen LogP contribution in [0.1, 0.15) is 18.9 Å². The maximum Gasteiger partial charge on any atom is 0.409 e. The monoisotopic (exact) mass is 548 g/mol. The Balaban J connectivity index is 1.70. The Labute approximate surface area is 214 Å². The summed E-state index contributed by atoms with van der Waals surface area (Å²) in [6.07, 6.45) is 1.87. The maximum atomic E-state index is 14.6. The van der Waals surface area contributed by atoms with E-state index in [0.717, 1.165) is 11.3 Å². The first-order chi connectivity index (χ1) is 16.9. The highest BCUT2D eigenvalue weighted by Gasteiger charge is 2.80. The third-order valence-electron chi connectivity index (χ3n) is 8.63. The molecule has 1 aromatic rings. The lowest BCUT2D eigenvalue weighted by molar-refractivity contribution is -0.145. The van der Waals surface area contributed by atoms with Gasteiger partial charge in [-0.3, -0.25) is 9.69 Å². The Morgan fingerprint density at radius 2 is 2.06 bits per heavy atom. The van der Waals surface area contributed by atoms with Crippen LogP contribution in [0.5, 0.6) is 0 Å². The zero-order valence-electron chi connectivity index (χ0n) is 20.4. The number of nitrogens with zero attached hydrogens (tertiary/aromatic N) is 2. The average Bonchev–Trinajstić information content (AvgIpc) is 3.40. The minimum absolute atomic E-state index is 0.0212. The summed E-state index contributed by atoms with van der Waals surface area (Å²) < 4.78 is 22.7. The molecule has 2 saturated carbocycles. The molecule has 2 aliphatic heterocycles. The highest BCUT2D eigenvalue weighted by molar-refractivity contribution is 9.09. The number of hydrogen-bond acceptors (Lipinski definition) is 6. The summed E-state index contributed by atoms with van der Waals surface area (Å²) in [6.45, 7) is 8.25. The lowest BCUT2D eigenvalue weighted by Gasteiger charge is -2.52. The van der Waals surface area contributed by atoms with Crippen LogP contribution in [-0.4, -0.2) is 81.2 Å². The number of alkyl halides is 1. The van der Waals surface area contributed by atoms with Crippen LogP contribution in [0.25, 0.3) is 0 Å². The molecule has 0 N–H and O–H groups in total. The molecule has 2 aliphatic carbocycles. The van der Waals surface area contributed by atoms with E-state index in [1.54, 1.807) is 16.9 Å². The fourth-order valence-corrected chi connectivity index (χ4v) is 8.81. The summed E-state index contributed by atoms with van der Waals surface area (Å²) in [5, 5.41) is 0. The molecular formula is C26H33BrN2O6. The first-order valence-electron chi connectivity index (χ1n) is 12.2. The number of carbonyl (C=O) groups is 2. The Hall–Kier alpha value is -1.94. The van der Waals surface area contributed by atoms with Crippen LogP contribution in [0, 0.1) is 17.3 Å². The number of hydrogen-bond donors (Lipinski definition) is 0. The minimum Gasteiger partial charge on any atom is -0.453 e. The van der Waals surface area contributed by atoms with Crippen molar-refractivity contribution < 1.29 is 28.5 Å². The third-order valence-corrected chi connectivity index (χ3v) is 9.81. The number of carbonyl (C=O) groups excluding carboxylic acids is 2. The van der Waals surface area contributed by atoms with E-state index in [1.165, 1.54) is 7.11 Å². The molecule has 9 heteroatoms. The Morgan fingerprint density at radius 1 is 1.29 bits per heavy atom. The van der Waals surface area contributed by atoms with Gasteiger partial charge in [0.2, 0.25) is 5.91 Å². The molecule has 7 atom stereocenters. The molecule has 2 amide bonds. The summed E-state index contributed by atoms with van der Waals surface area (Å²) in [6, 6.07) is 7.65. The zero-order valence-corrected chi connectivity index (χ0v) is 22.0. The van der Waals surface area contributed by atoms with Gasteiger partial charge in [-0.25, -0.2) is 4.79 Å². The van der Waals surface area contributed by atoms with Gasteiger partial charge in [0.15, 0.2) is 0 Å². The van der Waals surface area contributed by atoms with Gasteiger partial charge in [-0.1, -0.05) is 40.2 Å². The second-order valence-corrected chi connectivity index (χ2v) is 10.8. The van der Waals surface area contributed by atoms with Gasteiger partial charge in [0.1, 0.15) is 12.1 Å². The lowest BCUT2D eigenvalue weighted by atomic mass is 9.52. The molecule has 4 aliphatic rings. The highest BCUT2D eigenvalue weighted by atomic mass is 79.9. The van der Waals surface area contributed by atoms with Crippen LogP contribution < -0.4 is 4.90 Å². The molecule has 3 fully saturated rings.